The molecule has 0 fully saturated rings. The van der Waals surface area contributed by atoms with E-state index in [2.05, 4.69) is 4.76 Å². The fraction of sp³-hybridized carbons (Fsp3) is 0.500. The van der Waals surface area contributed by atoms with Crippen molar-refractivity contribution < 1.29 is 19.4 Å². The topological polar surface area (TPSA) is 89.6 Å². The van der Waals surface area contributed by atoms with Crippen molar-refractivity contribution in [3.05, 3.63) is 29.3 Å². The van der Waals surface area contributed by atoms with Crippen molar-refractivity contribution in [2.24, 2.45) is 16.7 Å². The third-order valence-electron chi connectivity index (χ3n) is 3.33. The molecule has 0 radical (unpaired) electrons. The zero-order valence-electron chi connectivity index (χ0n) is 14.1. The van der Waals surface area contributed by atoms with Crippen LogP contribution in [-0.2, 0) is 4.76 Å². The summed E-state index contributed by atoms with van der Waals surface area (Å²) in [5.41, 5.74) is -0.690. The molecule has 0 aliphatic heterocycles. The zero-order valence-corrected chi connectivity index (χ0v) is 14.1. The highest BCUT2D eigenvalue weighted by Gasteiger charge is 2.35. The molecule has 0 spiro atoms. The quantitative estimate of drug-likeness (QED) is 0.502. The van der Waals surface area contributed by atoms with Crippen LogP contribution < -0.4 is 11.4 Å². The van der Waals surface area contributed by atoms with Crippen LogP contribution in [0.1, 0.15) is 62.3 Å². The van der Waals surface area contributed by atoms with E-state index >= 15 is 0 Å². The monoisotopic (exact) mass is 305 g/mol. The summed E-state index contributed by atoms with van der Waals surface area (Å²) in [6, 6.07) is 4.78. The van der Waals surface area contributed by atoms with E-state index in [0.717, 1.165) is 0 Å². The SMILES string of the molecule is CC(C)(C)C(=O)c1cccc(C(=O)C(C)(C)C)c1B(O)ON. The Labute approximate surface area is 131 Å². The van der Waals surface area contributed by atoms with Crippen LogP contribution in [-0.4, -0.2) is 23.7 Å². The Hall–Kier alpha value is -1.50. The first-order valence-electron chi connectivity index (χ1n) is 7.17. The fourth-order valence-electron chi connectivity index (χ4n) is 2.10. The number of carbonyl (C=O) groups is 2. The molecule has 5 nitrogen and oxygen atoms in total. The summed E-state index contributed by atoms with van der Waals surface area (Å²) in [5.74, 6) is 4.70. The van der Waals surface area contributed by atoms with Gasteiger partial charge in [-0.1, -0.05) is 59.7 Å². The molecule has 3 N–H and O–H groups in total. The van der Waals surface area contributed by atoms with Gasteiger partial charge >= 0.3 is 7.12 Å². The second-order valence-electron chi connectivity index (χ2n) is 7.41. The largest absolute Gasteiger partial charge is 0.509 e. The highest BCUT2D eigenvalue weighted by molar-refractivity contribution is 6.63. The molecule has 0 heterocycles. The van der Waals surface area contributed by atoms with E-state index in [-0.39, 0.29) is 28.2 Å². The summed E-state index contributed by atoms with van der Waals surface area (Å²) in [6.45, 7) is 10.6. The third kappa shape index (κ3) is 3.82. The normalized spacial score (nSPS) is 12.2. The minimum Gasteiger partial charge on any atom is -0.422 e. The van der Waals surface area contributed by atoms with E-state index < -0.39 is 17.9 Å². The number of benzene rings is 1. The van der Waals surface area contributed by atoms with Crippen molar-refractivity contribution in [3.8, 4) is 0 Å². The van der Waals surface area contributed by atoms with Crippen molar-refractivity contribution in [2.45, 2.75) is 41.5 Å². The van der Waals surface area contributed by atoms with E-state index in [1.165, 1.54) is 0 Å². The maximum atomic E-state index is 12.6. The predicted molar refractivity (Wildman–Crippen MR) is 86.9 cm³/mol. The van der Waals surface area contributed by atoms with Crippen molar-refractivity contribution in [1.29, 1.82) is 0 Å². The van der Waals surface area contributed by atoms with Crippen LogP contribution in [0.5, 0.6) is 0 Å². The minimum atomic E-state index is -1.54. The van der Waals surface area contributed by atoms with Crippen molar-refractivity contribution in [3.63, 3.8) is 0 Å². The highest BCUT2D eigenvalue weighted by atomic mass is 16.6. The first kappa shape index (κ1) is 18.6. The second kappa shape index (κ2) is 6.32. The van der Waals surface area contributed by atoms with E-state index in [1.54, 1.807) is 59.7 Å². The molecule has 120 valence electrons. The van der Waals surface area contributed by atoms with Gasteiger partial charge in [0.15, 0.2) is 11.6 Å². The first-order chi connectivity index (χ1) is 9.91. The summed E-state index contributed by atoms with van der Waals surface area (Å²) < 4.78 is 4.49. The smallest absolute Gasteiger partial charge is 0.422 e. The molecule has 1 aromatic rings. The zero-order chi connectivity index (χ0) is 17.3. The molecule has 0 atom stereocenters. The van der Waals surface area contributed by atoms with Gasteiger partial charge in [-0.25, -0.2) is 5.90 Å². The molecule has 0 aliphatic carbocycles. The Morgan fingerprint density at radius 2 is 1.36 bits per heavy atom. The Kier molecular flexibility index (Phi) is 5.33. The van der Waals surface area contributed by atoms with E-state index in [9.17, 15) is 14.6 Å². The van der Waals surface area contributed by atoms with Gasteiger partial charge in [-0.05, 0) is 0 Å². The van der Waals surface area contributed by atoms with Gasteiger partial charge in [-0.15, -0.1) is 0 Å². The lowest BCUT2D eigenvalue weighted by Gasteiger charge is -2.23. The lowest BCUT2D eigenvalue weighted by Crippen LogP contribution is -2.45. The minimum absolute atomic E-state index is 0.129. The second-order valence-corrected chi connectivity index (χ2v) is 7.41. The van der Waals surface area contributed by atoms with Crippen LogP contribution in [0.25, 0.3) is 0 Å². The number of hydrogen-bond acceptors (Lipinski definition) is 5. The highest BCUT2D eigenvalue weighted by Crippen LogP contribution is 2.24. The van der Waals surface area contributed by atoms with Gasteiger partial charge < -0.3 is 9.78 Å². The van der Waals surface area contributed by atoms with Gasteiger partial charge in [0.05, 0.1) is 0 Å². The van der Waals surface area contributed by atoms with Crippen LogP contribution in [0.4, 0.5) is 0 Å². The summed E-state index contributed by atoms with van der Waals surface area (Å²) in [4.78, 5) is 25.2. The molecule has 0 amide bonds. The molecule has 0 unspecified atom stereocenters. The average Bonchev–Trinajstić information content (AvgIpc) is 2.41. The molecule has 0 aliphatic rings. The summed E-state index contributed by atoms with van der Waals surface area (Å²) >= 11 is 0. The van der Waals surface area contributed by atoms with Crippen LogP contribution >= 0.6 is 0 Å². The number of Topliss-reactive ketones (excluding diaryl/α,β-unsaturated/α-hetero) is 2. The molecule has 6 heteroatoms. The Bertz CT molecular complexity index is 541. The number of nitrogens with two attached hydrogens (primary N) is 1. The number of hydrogen-bond donors (Lipinski definition) is 2. The van der Waals surface area contributed by atoms with Gasteiger partial charge in [0.25, 0.3) is 0 Å². The van der Waals surface area contributed by atoms with Crippen molar-refractivity contribution in [2.75, 3.05) is 0 Å². The van der Waals surface area contributed by atoms with Crippen molar-refractivity contribution >= 4 is 24.1 Å². The number of ketones is 2. The van der Waals surface area contributed by atoms with Gasteiger partial charge in [-0.2, -0.15) is 0 Å². The van der Waals surface area contributed by atoms with Crippen LogP contribution in [0.3, 0.4) is 0 Å². The molecule has 0 aromatic heterocycles. The van der Waals surface area contributed by atoms with E-state index in [4.69, 9.17) is 5.90 Å². The maximum absolute atomic E-state index is 12.6. The summed E-state index contributed by atoms with van der Waals surface area (Å²) in [5, 5.41) is 10.1. The molecule has 0 saturated carbocycles. The summed E-state index contributed by atoms with van der Waals surface area (Å²) in [7, 11) is -1.54. The van der Waals surface area contributed by atoms with E-state index in [0.29, 0.717) is 0 Å². The predicted octanol–water partition coefficient (Wildman–Crippen LogP) is 1.72. The first-order valence-corrected chi connectivity index (χ1v) is 7.17. The molecule has 1 rings (SSSR count). The molecule has 1 aromatic carbocycles. The molecular formula is C16H24BNO4. The van der Waals surface area contributed by atoms with Crippen LogP contribution in [0.2, 0.25) is 0 Å². The van der Waals surface area contributed by atoms with E-state index in [1.807, 2.05) is 0 Å². The van der Waals surface area contributed by atoms with Crippen LogP contribution in [0.15, 0.2) is 18.2 Å². The molecule has 0 bridgehead atoms. The Balaban J connectivity index is 3.61. The molecule has 22 heavy (non-hydrogen) atoms. The average molecular weight is 305 g/mol. The van der Waals surface area contributed by atoms with Crippen LogP contribution in [0, 0.1) is 10.8 Å². The number of rotatable bonds is 4. The molecular weight excluding hydrogens is 281 g/mol. The van der Waals surface area contributed by atoms with Gasteiger partial charge in [0.2, 0.25) is 0 Å². The fourth-order valence-corrected chi connectivity index (χ4v) is 2.10. The van der Waals surface area contributed by atoms with Gasteiger partial charge in [0, 0.05) is 27.4 Å². The number of carbonyl (C=O) groups excluding carboxylic acids is 2. The van der Waals surface area contributed by atoms with Gasteiger partial charge in [-0.3, -0.25) is 9.59 Å². The third-order valence-corrected chi connectivity index (χ3v) is 3.33. The summed E-state index contributed by atoms with van der Waals surface area (Å²) in [6.07, 6.45) is 0. The molecule has 0 saturated heterocycles. The maximum Gasteiger partial charge on any atom is 0.509 e. The Morgan fingerprint density at radius 3 is 1.64 bits per heavy atom. The van der Waals surface area contributed by atoms with Crippen molar-refractivity contribution in [1.82, 2.24) is 0 Å². The standard InChI is InChI=1S/C16H24BNO4/c1-15(2,3)13(19)10-8-7-9-11(12(10)17(21)22-18)14(20)16(4,5)6/h7-9,21H,18H2,1-6H3. The van der Waals surface area contributed by atoms with Gasteiger partial charge in [0.1, 0.15) is 0 Å². The lowest BCUT2D eigenvalue weighted by molar-refractivity contribution is 0.0857. The Morgan fingerprint density at radius 1 is 1.00 bits per heavy atom. The lowest BCUT2D eigenvalue weighted by atomic mass is 9.67.